The Morgan fingerprint density at radius 3 is 1.81 bits per heavy atom. The van der Waals surface area contributed by atoms with E-state index in [0.29, 0.717) is 26.3 Å². The lowest BCUT2D eigenvalue weighted by Crippen LogP contribution is -2.66. The zero-order valence-corrected chi connectivity index (χ0v) is 15.4. The minimum Gasteiger partial charge on any atom is -0.350 e. The summed E-state index contributed by atoms with van der Waals surface area (Å²) in [5, 5.41) is 0. The minimum absolute atomic E-state index is 0.0525. The molecule has 0 radical (unpaired) electrons. The number of carbonyl (C=O) groups is 1. The molecule has 0 unspecified atom stereocenters. The van der Waals surface area contributed by atoms with Crippen LogP contribution in [-0.2, 0) is 14.3 Å². The molecule has 2 aromatic rings. The highest BCUT2D eigenvalue weighted by Gasteiger charge is 2.51. The van der Waals surface area contributed by atoms with Crippen molar-refractivity contribution in [3.8, 4) is 0 Å². The first-order chi connectivity index (χ1) is 12.5. The molecule has 2 heterocycles. The molecule has 0 N–H and O–H groups in total. The van der Waals surface area contributed by atoms with E-state index in [0.717, 1.165) is 11.1 Å². The highest BCUT2D eigenvalue weighted by Crippen LogP contribution is 2.40. The molecule has 2 aliphatic rings. The van der Waals surface area contributed by atoms with E-state index in [9.17, 15) is 4.79 Å². The van der Waals surface area contributed by atoms with Gasteiger partial charge in [0.15, 0.2) is 5.79 Å². The van der Waals surface area contributed by atoms with Crippen molar-refractivity contribution in [2.75, 3.05) is 26.3 Å². The van der Waals surface area contributed by atoms with E-state index in [1.54, 1.807) is 0 Å². The number of ether oxygens (including phenoxy) is 2. The number of hydrogen-bond acceptors (Lipinski definition) is 3. The molecule has 0 aliphatic carbocycles. The lowest BCUT2D eigenvalue weighted by molar-refractivity contribution is -0.303. The van der Waals surface area contributed by atoms with Crippen molar-refractivity contribution in [2.45, 2.75) is 25.6 Å². The number of amides is 1. The average Bonchev–Trinajstić information content (AvgIpc) is 2.62. The Balaban J connectivity index is 1.52. The topological polar surface area (TPSA) is 38.8 Å². The van der Waals surface area contributed by atoms with E-state index in [-0.39, 0.29) is 17.2 Å². The van der Waals surface area contributed by atoms with Gasteiger partial charge in [-0.3, -0.25) is 4.79 Å². The van der Waals surface area contributed by atoms with Crippen LogP contribution in [0.4, 0.5) is 0 Å². The van der Waals surface area contributed by atoms with Crippen LogP contribution in [0.15, 0.2) is 60.7 Å². The van der Waals surface area contributed by atoms with E-state index in [2.05, 4.69) is 0 Å². The second kappa shape index (κ2) is 6.53. The molecule has 2 fully saturated rings. The van der Waals surface area contributed by atoms with E-state index < -0.39 is 5.79 Å². The Morgan fingerprint density at radius 2 is 1.35 bits per heavy atom. The summed E-state index contributed by atoms with van der Waals surface area (Å²) in [6.45, 7) is 6.54. The maximum Gasteiger partial charge on any atom is 0.234 e. The Morgan fingerprint density at radius 1 is 0.885 bits per heavy atom. The number of benzene rings is 2. The van der Waals surface area contributed by atoms with Crippen molar-refractivity contribution >= 4 is 5.91 Å². The summed E-state index contributed by atoms with van der Waals surface area (Å²) in [7, 11) is 0. The summed E-state index contributed by atoms with van der Waals surface area (Å²) in [6.07, 6.45) is 0. The average molecular weight is 351 g/mol. The predicted octanol–water partition coefficient (Wildman–Crippen LogP) is 3.43. The SMILES string of the molecule is CC1(C)OCC2(CO1)CN(C(=O)C(c1ccccc1)c1ccccc1)C2. The van der Waals surface area contributed by atoms with Gasteiger partial charge in [-0.2, -0.15) is 0 Å². The predicted molar refractivity (Wildman–Crippen MR) is 99.7 cm³/mol. The van der Waals surface area contributed by atoms with Crippen LogP contribution in [0.1, 0.15) is 30.9 Å². The van der Waals surface area contributed by atoms with E-state index in [1.807, 2.05) is 79.4 Å². The molecule has 4 nitrogen and oxygen atoms in total. The molecule has 1 amide bonds. The monoisotopic (exact) mass is 351 g/mol. The van der Waals surface area contributed by atoms with Gasteiger partial charge < -0.3 is 14.4 Å². The molecule has 26 heavy (non-hydrogen) atoms. The van der Waals surface area contributed by atoms with Crippen molar-refractivity contribution in [2.24, 2.45) is 5.41 Å². The van der Waals surface area contributed by atoms with Crippen LogP contribution in [-0.4, -0.2) is 42.9 Å². The summed E-state index contributed by atoms with van der Waals surface area (Å²) in [5.74, 6) is -0.638. The Hall–Kier alpha value is -2.17. The highest BCUT2D eigenvalue weighted by molar-refractivity contribution is 5.88. The van der Waals surface area contributed by atoms with Crippen LogP contribution in [0.3, 0.4) is 0 Å². The highest BCUT2D eigenvalue weighted by atomic mass is 16.7. The quantitative estimate of drug-likeness (QED) is 0.850. The normalized spacial score (nSPS) is 20.8. The zero-order valence-electron chi connectivity index (χ0n) is 15.4. The van der Waals surface area contributed by atoms with Crippen molar-refractivity contribution in [1.29, 1.82) is 0 Å². The van der Waals surface area contributed by atoms with Gasteiger partial charge >= 0.3 is 0 Å². The van der Waals surface area contributed by atoms with Crippen LogP contribution < -0.4 is 0 Å². The second-order valence-electron chi connectivity index (χ2n) is 7.93. The standard InChI is InChI=1S/C22H25NO3/c1-21(2)25-15-22(16-26-21)13-23(14-22)20(24)19(17-9-5-3-6-10-17)18-11-7-4-8-12-18/h3-12,19H,13-16H2,1-2H3. The molecule has 0 bridgehead atoms. The summed E-state index contributed by atoms with van der Waals surface area (Å²) in [4.78, 5) is 15.3. The van der Waals surface area contributed by atoms with Gasteiger partial charge in [-0.05, 0) is 25.0 Å². The van der Waals surface area contributed by atoms with Gasteiger partial charge in [-0.1, -0.05) is 60.7 Å². The number of hydrogen-bond donors (Lipinski definition) is 0. The summed E-state index contributed by atoms with van der Waals surface area (Å²) in [6, 6.07) is 20.0. The van der Waals surface area contributed by atoms with Gasteiger partial charge in [0.2, 0.25) is 5.91 Å². The molecule has 136 valence electrons. The number of likely N-dealkylation sites (tertiary alicyclic amines) is 1. The largest absolute Gasteiger partial charge is 0.350 e. The van der Waals surface area contributed by atoms with Gasteiger partial charge in [0, 0.05) is 13.1 Å². The first-order valence-corrected chi connectivity index (χ1v) is 9.15. The van der Waals surface area contributed by atoms with E-state index >= 15 is 0 Å². The molecule has 2 saturated heterocycles. The molecular formula is C22H25NO3. The smallest absolute Gasteiger partial charge is 0.234 e. The third-order valence-corrected chi connectivity index (χ3v) is 5.33. The fourth-order valence-electron chi connectivity index (χ4n) is 3.79. The molecule has 1 spiro atoms. The Labute approximate surface area is 154 Å². The maximum atomic E-state index is 13.3. The molecule has 0 saturated carbocycles. The zero-order chi connectivity index (χ0) is 18.2. The van der Waals surface area contributed by atoms with E-state index in [4.69, 9.17) is 9.47 Å². The second-order valence-corrected chi connectivity index (χ2v) is 7.93. The van der Waals surface area contributed by atoms with Gasteiger partial charge in [0.1, 0.15) is 0 Å². The van der Waals surface area contributed by atoms with Crippen molar-refractivity contribution < 1.29 is 14.3 Å². The third kappa shape index (κ3) is 3.27. The molecule has 0 aromatic heterocycles. The lowest BCUT2D eigenvalue weighted by atomic mass is 9.78. The van der Waals surface area contributed by atoms with Gasteiger partial charge in [0.05, 0.1) is 24.5 Å². The Kier molecular flexibility index (Phi) is 4.33. The molecule has 2 aromatic carbocycles. The number of carbonyl (C=O) groups excluding carboxylic acids is 1. The maximum absolute atomic E-state index is 13.3. The molecular weight excluding hydrogens is 326 g/mol. The van der Waals surface area contributed by atoms with E-state index in [1.165, 1.54) is 0 Å². The fourth-order valence-corrected chi connectivity index (χ4v) is 3.79. The Bertz CT molecular complexity index is 715. The van der Waals surface area contributed by atoms with Crippen molar-refractivity contribution in [1.82, 2.24) is 4.90 Å². The third-order valence-electron chi connectivity index (χ3n) is 5.33. The first kappa shape index (κ1) is 17.3. The van der Waals surface area contributed by atoms with Gasteiger partial charge in [-0.25, -0.2) is 0 Å². The summed E-state index contributed by atoms with van der Waals surface area (Å²) in [5.41, 5.74) is 2.01. The fraction of sp³-hybridized carbons (Fsp3) is 0.409. The molecule has 4 heteroatoms. The van der Waals surface area contributed by atoms with Crippen LogP contribution in [0.5, 0.6) is 0 Å². The summed E-state index contributed by atoms with van der Waals surface area (Å²) < 4.78 is 11.6. The van der Waals surface area contributed by atoms with Gasteiger partial charge in [0.25, 0.3) is 0 Å². The first-order valence-electron chi connectivity index (χ1n) is 9.15. The molecule has 0 atom stereocenters. The summed E-state index contributed by atoms with van der Waals surface area (Å²) >= 11 is 0. The van der Waals surface area contributed by atoms with Crippen molar-refractivity contribution in [3.05, 3.63) is 71.8 Å². The molecule has 4 rings (SSSR count). The minimum atomic E-state index is -0.522. The number of rotatable bonds is 3. The van der Waals surface area contributed by atoms with Crippen molar-refractivity contribution in [3.63, 3.8) is 0 Å². The molecule has 2 aliphatic heterocycles. The number of nitrogens with zero attached hydrogens (tertiary/aromatic N) is 1. The van der Waals surface area contributed by atoms with Gasteiger partial charge in [-0.15, -0.1) is 0 Å². The lowest BCUT2D eigenvalue weighted by Gasteiger charge is -2.54. The van der Waals surface area contributed by atoms with Crippen LogP contribution in [0.2, 0.25) is 0 Å². The van der Waals surface area contributed by atoms with Crippen LogP contribution in [0.25, 0.3) is 0 Å². The van der Waals surface area contributed by atoms with Crippen LogP contribution >= 0.6 is 0 Å². The van der Waals surface area contributed by atoms with Crippen LogP contribution in [0, 0.1) is 5.41 Å².